The zero-order valence-corrected chi connectivity index (χ0v) is 10.4. The molecule has 1 heterocycles. The van der Waals surface area contributed by atoms with Gasteiger partial charge in [-0.05, 0) is 26.7 Å². The zero-order valence-electron chi connectivity index (χ0n) is 10.4. The third-order valence-electron chi connectivity index (χ3n) is 2.74. The normalized spacial score (nSPS) is 15.1. The molecule has 2 rings (SSSR count). The average Bonchev–Trinajstić information content (AvgIpc) is 3.02. The predicted octanol–water partition coefficient (Wildman–Crippen LogP) is 1.41. The van der Waals surface area contributed by atoms with Crippen molar-refractivity contribution in [2.75, 3.05) is 18.2 Å². The lowest BCUT2D eigenvalue weighted by molar-refractivity contribution is 0.0603. The number of rotatable bonds is 4. The van der Waals surface area contributed by atoms with Crippen LogP contribution in [0, 0.1) is 0 Å². The van der Waals surface area contributed by atoms with Gasteiger partial charge in [-0.15, -0.1) is 0 Å². The van der Waals surface area contributed by atoms with E-state index in [2.05, 4.69) is 10.4 Å². The van der Waals surface area contributed by atoms with Gasteiger partial charge < -0.3 is 15.8 Å². The number of aromatic nitrogens is 2. The largest absolute Gasteiger partial charge is 0.465 e. The van der Waals surface area contributed by atoms with Crippen LogP contribution < -0.4 is 11.1 Å². The topological polar surface area (TPSA) is 82.2 Å². The van der Waals surface area contributed by atoms with E-state index in [1.165, 1.54) is 7.11 Å². The lowest BCUT2D eigenvalue weighted by Crippen LogP contribution is -2.10. The third kappa shape index (κ3) is 2.20. The summed E-state index contributed by atoms with van der Waals surface area (Å²) in [5, 5.41) is 7.54. The number of nitrogens with two attached hydrogens (primary N) is 1. The Hall–Kier alpha value is -1.72. The number of nitrogens with zero attached hydrogens (tertiary/aromatic N) is 2. The minimum Gasteiger partial charge on any atom is -0.465 e. The third-order valence-corrected chi connectivity index (χ3v) is 2.74. The minimum absolute atomic E-state index is 0.105. The van der Waals surface area contributed by atoms with Crippen LogP contribution in [0.1, 0.15) is 43.1 Å². The van der Waals surface area contributed by atoms with Crippen molar-refractivity contribution in [2.24, 2.45) is 0 Å². The first-order valence-corrected chi connectivity index (χ1v) is 5.77. The second-order valence-electron chi connectivity index (χ2n) is 4.56. The number of nitrogen functional groups attached to an aromatic ring is 1. The monoisotopic (exact) mass is 238 g/mol. The highest BCUT2D eigenvalue weighted by atomic mass is 16.5. The second-order valence-corrected chi connectivity index (χ2v) is 4.56. The SMILES string of the molecule is COC(=O)c1c(NC2CC2)nn(C(C)C)c1N. The van der Waals surface area contributed by atoms with Crippen LogP contribution in [0.25, 0.3) is 0 Å². The Bertz CT molecular complexity index is 435. The summed E-state index contributed by atoms with van der Waals surface area (Å²) in [6, 6.07) is 0.515. The molecule has 3 N–H and O–H groups in total. The quantitative estimate of drug-likeness (QED) is 0.775. The molecule has 0 aliphatic heterocycles. The van der Waals surface area contributed by atoms with Gasteiger partial charge in [-0.25, -0.2) is 9.48 Å². The number of carbonyl (C=O) groups excluding carboxylic acids is 1. The van der Waals surface area contributed by atoms with Gasteiger partial charge in [0.15, 0.2) is 5.82 Å². The van der Waals surface area contributed by atoms with E-state index in [4.69, 9.17) is 10.5 Å². The summed E-state index contributed by atoms with van der Waals surface area (Å²) in [5.41, 5.74) is 6.28. The number of carbonyl (C=O) groups is 1. The van der Waals surface area contributed by atoms with E-state index in [0.29, 0.717) is 23.2 Å². The summed E-state index contributed by atoms with van der Waals surface area (Å²) in [5.74, 6) is 0.443. The molecule has 0 unspecified atom stereocenters. The number of anilines is 2. The van der Waals surface area contributed by atoms with E-state index in [1.54, 1.807) is 4.68 Å². The fourth-order valence-corrected chi connectivity index (χ4v) is 1.67. The van der Waals surface area contributed by atoms with Gasteiger partial charge in [0.1, 0.15) is 11.4 Å². The number of esters is 1. The first-order chi connectivity index (χ1) is 8.04. The maximum absolute atomic E-state index is 11.7. The lowest BCUT2D eigenvalue weighted by atomic mass is 10.3. The average molecular weight is 238 g/mol. The van der Waals surface area contributed by atoms with Crippen LogP contribution in [-0.2, 0) is 4.74 Å². The van der Waals surface area contributed by atoms with Crippen LogP contribution in [0.15, 0.2) is 0 Å². The maximum Gasteiger partial charge on any atom is 0.345 e. The molecular weight excluding hydrogens is 220 g/mol. The first kappa shape index (κ1) is 11.8. The molecule has 0 aromatic carbocycles. The van der Waals surface area contributed by atoms with Crippen LogP contribution in [0.4, 0.5) is 11.6 Å². The molecule has 1 fully saturated rings. The molecule has 0 saturated heterocycles. The summed E-state index contributed by atoms with van der Waals surface area (Å²) in [6.45, 7) is 3.93. The zero-order chi connectivity index (χ0) is 12.6. The van der Waals surface area contributed by atoms with Crippen molar-refractivity contribution in [3.8, 4) is 0 Å². The molecule has 1 saturated carbocycles. The molecule has 1 aromatic heterocycles. The van der Waals surface area contributed by atoms with Crippen molar-refractivity contribution in [1.82, 2.24) is 9.78 Å². The van der Waals surface area contributed by atoms with Gasteiger partial charge in [0.25, 0.3) is 0 Å². The first-order valence-electron chi connectivity index (χ1n) is 5.77. The number of ether oxygens (including phenoxy) is 1. The minimum atomic E-state index is -0.447. The van der Waals surface area contributed by atoms with Gasteiger partial charge >= 0.3 is 5.97 Å². The maximum atomic E-state index is 11.7. The Kier molecular flexibility index (Phi) is 2.95. The highest BCUT2D eigenvalue weighted by molar-refractivity contribution is 5.99. The van der Waals surface area contributed by atoms with Gasteiger partial charge in [-0.3, -0.25) is 0 Å². The van der Waals surface area contributed by atoms with Crippen LogP contribution in [0.3, 0.4) is 0 Å². The van der Waals surface area contributed by atoms with E-state index < -0.39 is 5.97 Å². The van der Waals surface area contributed by atoms with E-state index in [1.807, 2.05) is 13.8 Å². The summed E-state index contributed by atoms with van der Waals surface area (Å²) in [6.07, 6.45) is 2.21. The highest BCUT2D eigenvalue weighted by Crippen LogP contribution is 2.30. The van der Waals surface area contributed by atoms with E-state index in [-0.39, 0.29) is 6.04 Å². The molecule has 6 heteroatoms. The van der Waals surface area contributed by atoms with Gasteiger partial charge in [0.2, 0.25) is 0 Å². The Labute approximate surface area is 100 Å². The molecular formula is C11H18N4O2. The summed E-state index contributed by atoms with van der Waals surface area (Å²) < 4.78 is 6.38. The van der Waals surface area contributed by atoms with Gasteiger partial charge in [0, 0.05) is 12.1 Å². The molecule has 1 aliphatic carbocycles. The van der Waals surface area contributed by atoms with Crippen molar-refractivity contribution >= 4 is 17.6 Å². The number of hydrogen-bond acceptors (Lipinski definition) is 5. The van der Waals surface area contributed by atoms with Gasteiger partial charge in [-0.1, -0.05) is 0 Å². The van der Waals surface area contributed by atoms with Gasteiger partial charge in [-0.2, -0.15) is 5.10 Å². The number of methoxy groups -OCH3 is 1. The second kappa shape index (κ2) is 4.27. The van der Waals surface area contributed by atoms with E-state index in [9.17, 15) is 4.79 Å². The summed E-state index contributed by atoms with van der Waals surface area (Å²) in [7, 11) is 1.34. The van der Waals surface area contributed by atoms with Crippen molar-refractivity contribution in [3.63, 3.8) is 0 Å². The Morgan fingerprint density at radius 1 is 1.59 bits per heavy atom. The summed E-state index contributed by atoms with van der Waals surface area (Å²) in [4.78, 5) is 11.7. The van der Waals surface area contributed by atoms with Crippen molar-refractivity contribution < 1.29 is 9.53 Å². The lowest BCUT2D eigenvalue weighted by Gasteiger charge is -2.06. The van der Waals surface area contributed by atoms with Crippen molar-refractivity contribution in [3.05, 3.63) is 5.56 Å². The molecule has 1 aromatic rings. The Balaban J connectivity index is 2.39. The molecule has 94 valence electrons. The molecule has 0 bridgehead atoms. The smallest absolute Gasteiger partial charge is 0.345 e. The molecule has 6 nitrogen and oxygen atoms in total. The van der Waals surface area contributed by atoms with Crippen LogP contribution in [-0.4, -0.2) is 28.9 Å². The highest BCUT2D eigenvalue weighted by Gasteiger charge is 2.29. The van der Waals surface area contributed by atoms with Crippen LogP contribution >= 0.6 is 0 Å². The molecule has 1 aliphatic rings. The fraction of sp³-hybridized carbons (Fsp3) is 0.636. The number of nitrogens with one attached hydrogen (secondary N) is 1. The summed E-state index contributed by atoms with van der Waals surface area (Å²) >= 11 is 0. The molecule has 0 amide bonds. The molecule has 17 heavy (non-hydrogen) atoms. The van der Waals surface area contributed by atoms with Gasteiger partial charge in [0.05, 0.1) is 7.11 Å². The standard InChI is InChI=1S/C11H18N4O2/c1-6(2)15-9(12)8(11(16)17-3)10(14-15)13-7-4-5-7/h6-7H,4-5,12H2,1-3H3,(H,13,14). The fourth-order valence-electron chi connectivity index (χ4n) is 1.67. The van der Waals surface area contributed by atoms with E-state index in [0.717, 1.165) is 12.8 Å². The van der Waals surface area contributed by atoms with Crippen LogP contribution in [0.2, 0.25) is 0 Å². The van der Waals surface area contributed by atoms with Crippen molar-refractivity contribution in [2.45, 2.75) is 38.8 Å². The Morgan fingerprint density at radius 2 is 2.24 bits per heavy atom. The molecule has 0 atom stereocenters. The number of hydrogen-bond donors (Lipinski definition) is 2. The van der Waals surface area contributed by atoms with Crippen LogP contribution in [0.5, 0.6) is 0 Å². The predicted molar refractivity (Wildman–Crippen MR) is 65.0 cm³/mol. The molecule has 0 spiro atoms. The Morgan fingerprint density at radius 3 is 2.71 bits per heavy atom. The molecule has 0 radical (unpaired) electrons. The van der Waals surface area contributed by atoms with Crippen molar-refractivity contribution in [1.29, 1.82) is 0 Å². The van der Waals surface area contributed by atoms with E-state index >= 15 is 0 Å².